The zero-order valence-corrected chi connectivity index (χ0v) is 12.7. The number of fused-ring (bicyclic) bond motifs is 1. The summed E-state index contributed by atoms with van der Waals surface area (Å²) in [6, 6.07) is 6.25. The first-order valence-electron chi connectivity index (χ1n) is 7.90. The van der Waals surface area contributed by atoms with Crippen molar-refractivity contribution in [3.05, 3.63) is 35.6 Å². The van der Waals surface area contributed by atoms with Gasteiger partial charge in [0.2, 0.25) is 11.8 Å². The molecular formula is C17H21FN2O2. The van der Waals surface area contributed by atoms with E-state index in [4.69, 9.17) is 0 Å². The SMILES string of the molecule is CC(=O)N1[C@H](c2ccc(F)cc2)C[C@H]2NC(=O)CCCC[C@@H]21. The number of rotatable bonds is 1. The quantitative estimate of drug-likeness (QED) is 0.867. The number of amides is 2. The van der Waals surface area contributed by atoms with E-state index < -0.39 is 0 Å². The lowest BCUT2D eigenvalue weighted by Crippen LogP contribution is -2.47. The van der Waals surface area contributed by atoms with Crippen LogP contribution in [-0.2, 0) is 9.59 Å². The average molecular weight is 304 g/mol. The zero-order valence-electron chi connectivity index (χ0n) is 12.7. The fourth-order valence-corrected chi connectivity index (χ4v) is 3.78. The number of halogens is 1. The van der Waals surface area contributed by atoms with Gasteiger partial charge in [-0.3, -0.25) is 9.59 Å². The summed E-state index contributed by atoms with van der Waals surface area (Å²) in [5.74, 6) is -0.204. The summed E-state index contributed by atoms with van der Waals surface area (Å²) < 4.78 is 13.1. The van der Waals surface area contributed by atoms with Crippen LogP contribution in [0, 0.1) is 5.82 Å². The Kier molecular flexibility index (Phi) is 4.14. The Morgan fingerprint density at radius 2 is 2.00 bits per heavy atom. The minimum Gasteiger partial charge on any atom is -0.351 e. The smallest absolute Gasteiger partial charge is 0.220 e. The van der Waals surface area contributed by atoms with Crippen molar-refractivity contribution in [2.24, 2.45) is 0 Å². The van der Waals surface area contributed by atoms with Crippen molar-refractivity contribution in [3.8, 4) is 0 Å². The predicted molar refractivity (Wildman–Crippen MR) is 80.5 cm³/mol. The Bertz CT molecular complexity index is 573. The number of benzene rings is 1. The molecule has 2 aliphatic rings. The number of likely N-dealkylation sites (tertiary alicyclic amines) is 1. The average Bonchev–Trinajstić information content (AvgIpc) is 2.80. The van der Waals surface area contributed by atoms with Crippen LogP contribution in [-0.4, -0.2) is 28.8 Å². The summed E-state index contributed by atoms with van der Waals surface area (Å²) in [6.45, 7) is 1.57. The van der Waals surface area contributed by atoms with Crippen LogP contribution in [0.15, 0.2) is 24.3 Å². The maximum absolute atomic E-state index is 13.1. The molecule has 0 unspecified atom stereocenters. The lowest BCUT2D eigenvalue weighted by atomic mass is 9.97. The second-order valence-corrected chi connectivity index (χ2v) is 6.22. The predicted octanol–water partition coefficient (Wildman–Crippen LogP) is 2.55. The van der Waals surface area contributed by atoms with E-state index in [2.05, 4.69) is 5.32 Å². The molecule has 2 fully saturated rings. The Labute approximate surface area is 129 Å². The molecular weight excluding hydrogens is 283 g/mol. The van der Waals surface area contributed by atoms with Gasteiger partial charge in [0.25, 0.3) is 0 Å². The van der Waals surface area contributed by atoms with Gasteiger partial charge in [0, 0.05) is 13.3 Å². The van der Waals surface area contributed by atoms with E-state index in [0.717, 1.165) is 24.8 Å². The molecule has 0 radical (unpaired) electrons. The van der Waals surface area contributed by atoms with E-state index in [1.54, 1.807) is 19.1 Å². The third kappa shape index (κ3) is 2.85. The van der Waals surface area contributed by atoms with Gasteiger partial charge in [0.05, 0.1) is 18.1 Å². The molecule has 22 heavy (non-hydrogen) atoms. The molecule has 3 rings (SSSR count). The van der Waals surface area contributed by atoms with E-state index in [1.165, 1.54) is 12.1 Å². The van der Waals surface area contributed by atoms with Crippen LogP contribution in [0.1, 0.15) is 50.6 Å². The molecule has 2 saturated heterocycles. The standard InChI is InChI=1S/C17H21FN2O2/c1-11(21)20-15-4-2-3-5-17(22)19-14(15)10-16(20)12-6-8-13(18)9-7-12/h6-9,14-16H,2-5,10H2,1H3,(H,19,22)/t14-,15+,16+/m1/s1. The third-order valence-corrected chi connectivity index (χ3v) is 4.75. The molecule has 1 aromatic rings. The van der Waals surface area contributed by atoms with Gasteiger partial charge < -0.3 is 10.2 Å². The van der Waals surface area contributed by atoms with Crippen molar-refractivity contribution < 1.29 is 14.0 Å². The van der Waals surface area contributed by atoms with Crippen LogP contribution < -0.4 is 5.32 Å². The highest BCUT2D eigenvalue weighted by Gasteiger charge is 2.43. The van der Waals surface area contributed by atoms with Crippen LogP contribution in [0.3, 0.4) is 0 Å². The van der Waals surface area contributed by atoms with E-state index in [1.807, 2.05) is 4.90 Å². The Morgan fingerprint density at radius 1 is 1.27 bits per heavy atom. The van der Waals surface area contributed by atoms with E-state index in [0.29, 0.717) is 12.8 Å². The molecule has 0 aliphatic carbocycles. The number of carbonyl (C=O) groups excluding carboxylic acids is 2. The van der Waals surface area contributed by atoms with Gasteiger partial charge in [0.1, 0.15) is 5.82 Å². The summed E-state index contributed by atoms with van der Waals surface area (Å²) in [5, 5.41) is 3.07. The third-order valence-electron chi connectivity index (χ3n) is 4.75. The van der Waals surface area contributed by atoms with Crippen molar-refractivity contribution in [2.45, 2.75) is 57.2 Å². The molecule has 2 heterocycles. The summed E-state index contributed by atoms with van der Waals surface area (Å²) in [6.07, 6.45) is 3.98. The molecule has 1 N–H and O–H groups in total. The molecule has 0 spiro atoms. The fourth-order valence-electron chi connectivity index (χ4n) is 3.78. The topological polar surface area (TPSA) is 49.4 Å². The van der Waals surface area contributed by atoms with Crippen LogP contribution >= 0.6 is 0 Å². The molecule has 2 amide bonds. The first-order chi connectivity index (χ1) is 10.6. The van der Waals surface area contributed by atoms with Crippen LogP contribution in [0.2, 0.25) is 0 Å². The summed E-state index contributed by atoms with van der Waals surface area (Å²) >= 11 is 0. The highest BCUT2D eigenvalue weighted by atomic mass is 19.1. The molecule has 5 heteroatoms. The van der Waals surface area contributed by atoms with E-state index in [-0.39, 0.29) is 35.8 Å². The first kappa shape index (κ1) is 15.0. The zero-order chi connectivity index (χ0) is 15.7. The lowest BCUT2D eigenvalue weighted by molar-refractivity contribution is -0.133. The minimum absolute atomic E-state index is 0.00764. The van der Waals surface area contributed by atoms with Crippen molar-refractivity contribution in [3.63, 3.8) is 0 Å². The maximum atomic E-state index is 13.1. The van der Waals surface area contributed by atoms with Crippen LogP contribution in [0.4, 0.5) is 4.39 Å². The summed E-state index contributed by atoms with van der Waals surface area (Å²) in [7, 11) is 0. The van der Waals surface area contributed by atoms with Gasteiger partial charge in [-0.2, -0.15) is 0 Å². The molecule has 0 bridgehead atoms. The van der Waals surface area contributed by atoms with Crippen LogP contribution in [0.5, 0.6) is 0 Å². The fraction of sp³-hybridized carbons (Fsp3) is 0.529. The van der Waals surface area contributed by atoms with Gasteiger partial charge in [-0.05, 0) is 37.0 Å². The van der Waals surface area contributed by atoms with E-state index >= 15 is 0 Å². The molecule has 0 aromatic heterocycles. The molecule has 1 aromatic carbocycles. The van der Waals surface area contributed by atoms with Crippen LogP contribution in [0.25, 0.3) is 0 Å². The Hall–Kier alpha value is -1.91. The van der Waals surface area contributed by atoms with Gasteiger partial charge in [-0.25, -0.2) is 4.39 Å². The van der Waals surface area contributed by atoms with Crippen molar-refractivity contribution >= 4 is 11.8 Å². The molecule has 2 aliphatic heterocycles. The number of nitrogens with zero attached hydrogens (tertiary/aromatic N) is 1. The highest BCUT2D eigenvalue weighted by molar-refractivity contribution is 5.78. The van der Waals surface area contributed by atoms with Gasteiger partial charge in [-0.1, -0.05) is 18.6 Å². The number of hydrogen-bond donors (Lipinski definition) is 1. The Morgan fingerprint density at radius 3 is 2.68 bits per heavy atom. The van der Waals surface area contributed by atoms with Crippen molar-refractivity contribution in [1.82, 2.24) is 10.2 Å². The second kappa shape index (κ2) is 6.07. The second-order valence-electron chi connectivity index (χ2n) is 6.22. The van der Waals surface area contributed by atoms with Crippen molar-refractivity contribution in [2.75, 3.05) is 0 Å². The maximum Gasteiger partial charge on any atom is 0.220 e. The number of nitrogens with one attached hydrogen (secondary N) is 1. The molecule has 4 nitrogen and oxygen atoms in total. The Balaban J connectivity index is 1.91. The molecule has 118 valence electrons. The molecule has 0 saturated carbocycles. The first-order valence-corrected chi connectivity index (χ1v) is 7.90. The number of hydrogen-bond acceptors (Lipinski definition) is 2. The largest absolute Gasteiger partial charge is 0.351 e. The van der Waals surface area contributed by atoms with Gasteiger partial charge >= 0.3 is 0 Å². The normalized spacial score (nSPS) is 28.5. The summed E-state index contributed by atoms with van der Waals surface area (Å²) in [4.78, 5) is 25.9. The summed E-state index contributed by atoms with van der Waals surface area (Å²) in [5.41, 5.74) is 0.928. The molecule has 3 atom stereocenters. The van der Waals surface area contributed by atoms with Crippen molar-refractivity contribution in [1.29, 1.82) is 0 Å². The van der Waals surface area contributed by atoms with Gasteiger partial charge in [0.15, 0.2) is 0 Å². The minimum atomic E-state index is -0.282. The monoisotopic (exact) mass is 304 g/mol. The number of carbonyl (C=O) groups is 2. The highest BCUT2D eigenvalue weighted by Crippen LogP contribution is 2.39. The van der Waals surface area contributed by atoms with Gasteiger partial charge in [-0.15, -0.1) is 0 Å². The van der Waals surface area contributed by atoms with E-state index in [9.17, 15) is 14.0 Å². The lowest BCUT2D eigenvalue weighted by Gasteiger charge is -2.32.